The molecule has 0 aliphatic rings. The van der Waals surface area contributed by atoms with Crippen molar-refractivity contribution in [2.75, 3.05) is 0 Å². The lowest BCUT2D eigenvalue weighted by Gasteiger charge is -2.29. The SMILES string of the molecule is C=C(C)[C@@H](C)[C@H](OC(=O)c1ccccc1P(c1ccccc1)c1ccccc1)C(C)C. The summed E-state index contributed by atoms with van der Waals surface area (Å²) in [7, 11) is -0.886. The molecule has 160 valence electrons. The number of carbonyl (C=O) groups is 1. The molecule has 0 aromatic heterocycles. The number of carbonyl (C=O) groups excluding carboxylic acids is 1. The molecule has 0 bridgehead atoms. The Hall–Kier alpha value is -2.70. The molecular formula is C28H31O2P. The lowest BCUT2D eigenvalue weighted by Crippen LogP contribution is -2.33. The Morgan fingerprint density at radius 1 is 0.806 bits per heavy atom. The quantitative estimate of drug-likeness (QED) is 0.255. The summed E-state index contributed by atoms with van der Waals surface area (Å²) < 4.78 is 6.09. The van der Waals surface area contributed by atoms with E-state index >= 15 is 0 Å². The van der Waals surface area contributed by atoms with Crippen LogP contribution in [0.15, 0.2) is 97.1 Å². The van der Waals surface area contributed by atoms with Crippen LogP contribution < -0.4 is 15.9 Å². The van der Waals surface area contributed by atoms with Crippen molar-refractivity contribution in [2.45, 2.75) is 33.8 Å². The molecule has 3 aromatic rings. The molecule has 0 aliphatic heterocycles. The lowest BCUT2D eigenvalue weighted by atomic mass is 9.90. The summed E-state index contributed by atoms with van der Waals surface area (Å²) in [6, 6.07) is 28.7. The average molecular weight is 431 g/mol. The normalized spacial score (nSPS) is 13.1. The van der Waals surface area contributed by atoms with E-state index in [0.29, 0.717) is 5.56 Å². The van der Waals surface area contributed by atoms with Crippen molar-refractivity contribution in [2.24, 2.45) is 11.8 Å². The van der Waals surface area contributed by atoms with E-state index in [1.807, 2.05) is 37.3 Å². The van der Waals surface area contributed by atoms with Gasteiger partial charge in [0.1, 0.15) is 6.10 Å². The summed E-state index contributed by atoms with van der Waals surface area (Å²) in [6.07, 6.45) is -0.210. The van der Waals surface area contributed by atoms with Crippen LogP contribution in [-0.4, -0.2) is 12.1 Å². The molecule has 0 aliphatic carbocycles. The fraction of sp³-hybridized carbons (Fsp3) is 0.250. The Bertz CT molecular complexity index is 972. The van der Waals surface area contributed by atoms with E-state index in [4.69, 9.17) is 4.74 Å². The van der Waals surface area contributed by atoms with Gasteiger partial charge in [0.05, 0.1) is 5.56 Å². The summed E-state index contributed by atoms with van der Waals surface area (Å²) >= 11 is 0. The summed E-state index contributed by atoms with van der Waals surface area (Å²) in [5.41, 5.74) is 1.66. The van der Waals surface area contributed by atoms with Crippen molar-refractivity contribution in [1.82, 2.24) is 0 Å². The first-order valence-electron chi connectivity index (χ1n) is 10.8. The molecule has 0 unspecified atom stereocenters. The van der Waals surface area contributed by atoms with Gasteiger partial charge in [-0.2, -0.15) is 0 Å². The molecule has 3 heteroatoms. The smallest absolute Gasteiger partial charge is 0.339 e. The zero-order valence-corrected chi connectivity index (χ0v) is 19.7. The van der Waals surface area contributed by atoms with E-state index in [2.05, 4.69) is 81.9 Å². The third kappa shape index (κ3) is 5.51. The molecule has 0 N–H and O–H groups in total. The third-order valence-corrected chi connectivity index (χ3v) is 8.06. The first-order valence-corrected chi connectivity index (χ1v) is 12.1. The molecule has 0 amide bonds. The largest absolute Gasteiger partial charge is 0.458 e. The zero-order valence-electron chi connectivity index (χ0n) is 18.8. The van der Waals surface area contributed by atoms with Crippen LogP contribution in [-0.2, 0) is 4.74 Å². The van der Waals surface area contributed by atoms with Crippen LogP contribution in [0.25, 0.3) is 0 Å². The number of hydrogen-bond acceptors (Lipinski definition) is 2. The molecule has 31 heavy (non-hydrogen) atoms. The van der Waals surface area contributed by atoms with Gasteiger partial charge in [-0.15, -0.1) is 0 Å². The van der Waals surface area contributed by atoms with E-state index in [1.165, 1.54) is 10.6 Å². The van der Waals surface area contributed by atoms with Crippen LogP contribution in [0.2, 0.25) is 0 Å². The molecule has 0 radical (unpaired) electrons. The van der Waals surface area contributed by atoms with E-state index in [-0.39, 0.29) is 23.9 Å². The predicted molar refractivity (Wildman–Crippen MR) is 133 cm³/mol. The summed E-state index contributed by atoms with van der Waals surface area (Å²) in [6.45, 7) is 12.3. The van der Waals surface area contributed by atoms with Crippen molar-refractivity contribution in [1.29, 1.82) is 0 Å². The fourth-order valence-corrected chi connectivity index (χ4v) is 6.14. The van der Waals surface area contributed by atoms with Crippen molar-refractivity contribution in [3.63, 3.8) is 0 Å². The Labute approximate surface area is 187 Å². The van der Waals surface area contributed by atoms with E-state index < -0.39 is 7.92 Å². The third-order valence-electron chi connectivity index (χ3n) is 5.56. The topological polar surface area (TPSA) is 26.3 Å². The lowest BCUT2D eigenvalue weighted by molar-refractivity contribution is 0.00602. The van der Waals surface area contributed by atoms with Gasteiger partial charge in [-0.25, -0.2) is 4.79 Å². The number of hydrogen-bond donors (Lipinski definition) is 0. The molecule has 2 atom stereocenters. The minimum atomic E-state index is -0.886. The van der Waals surface area contributed by atoms with Crippen molar-refractivity contribution < 1.29 is 9.53 Å². The molecule has 0 saturated heterocycles. The summed E-state index contributed by atoms with van der Waals surface area (Å²) in [5.74, 6) is 0.0372. The molecular weight excluding hydrogens is 399 g/mol. The second kappa shape index (κ2) is 10.6. The van der Waals surface area contributed by atoms with Gasteiger partial charge in [0.15, 0.2) is 0 Å². The highest BCUT2D eigenvalue weighted by molar-refractivity contribution is 7.80. The number of rotatable bonds is 8. The molecule has 0 saturated carbocycles. The van der Waals surface area contributed by atoms with Crippen molar-refractivity contribution in [3.8, 4) is 0 Å². The second-order valence-electron chi connectivity index (χ2n) is 8.27. The van der Waals surface area contributed by atoms with E-state index in [0.717, 1.165) is 10.9 Å². The number of esters is 1. The minimum absolute atomic E-state index is 0.0980. The maximum absolute atomic E-state index is 13.4. The van der Waals surface area contributed by atoms with Crippen molar-refractivity contribution >= 4 is 29.8 Å². The molecule has 0 heterocycles. The standard InChI is InChI=1S/C28H31O2P/c1-20(2)22(5)27(21(3)4)30-28(29)25-18-12-13-19-26(25)31(23-14-8-6-9-15-23)24-16-10-7-11-17-24/h6-19,21-22,27H,1H2,2-5H3/t22-,27-/m1/s1. The van der Waals surface area contributed by atoms with Gasteiger partial charge >= 0.3 is 5.97 Å². The molecule has 0 fully saturated rings. The highest BCUT2D eigenvalue weighted by Gasteiger charge is 2.28. The summed E-state index contributed by atoms with van der Waals surface area (Å²) in [4.78, 5) is 13.4. The van der Waals surface area contributed by atoms with Gasteiger partial charge in [0, 0.05) is 5.92 Å². The maximum atomic E-state index is 13.4. The van der Waals surface area contributed by atoms with Gasteiger partial charge in [-0.1, -0.05) is 112 Å². The van der Waals surface area contributed by atoms with E-state index in [1.54, 1.807) is 0 Å². The Morgan fingerprint density at radius 2 is 1.29 bits per heavy atom. The minimum Gasteiger partial charge on any atom is -0.458 e. The number of benzene rings is 3. The molecule has 0 spiro atoms. The van der Waals surface area contributed by atoms with Crippen LogP contribution in [0.5, 0.6) is 0 Å². The van der Waals surface area contributed by atoms with Gasteiger partial charge in [0.25, 0.3) is 0 Å². The Kier molecular flexibility index (Phi) is 7.82. The first-order chi connectivity index (χ1) is 14.9. The molecule has 3 rings (SSSR count). The van der Waals surface area contributed by atoms with Crippen LogP contribution in [0, 0.1) is 11.8 Å². The van der Waals surface area contributed by atoms with Crippen molar-refractivity contribution in [3.05, 3.63) is 103 Å². The van der Waals surface area contributed by atoms with Gasteiger partial charge in [0.2, 0.25) is 0 Å². The summed E-state index contributed by atoms with van der Waals surface area (Å²) in [5, 5.41) is 3.43. The monoisotopic (exact) mass is 430 g/mol. The molecule has 2 nitrogen and oxygen atoms in total. The van der Waals surface area contributed by atoms with Crippen LogP contribution in [0.3, 0.4) is 0 Å². The van der Waals surface area contributed by atoms with Gasteiger partial charge in [-0.3, -0.25) is 0 Å². The average Bonchev–Trinajstić information content (AvgIpc) is 2.78. The van der Waals surface area contributed by atoms with Gasteiger partial charge < -0.3 is 4.74 Å². The maximum Gasteiger partial charge on any atom is 0.339 e. The van der Waals surface area contributed by atoms with Gasteiger partial charge in [-0.05, 0) is 42.7 Å². The number of ether oxygens (including phenoxy) is 1. The zero-order chi connectivity index (χ0) is 22.4. The highest BCUT2D eigenvalue weighted by atomic mass is 31.1. The Balaban J connectivity index is 2.05. The van der Waals surface area contributed by atoms with Crippen LogP contribution in [0.1, 0.15) is 38.1 Å². The fourth-order valence-electron chi connectivity index (χ4n) is 3.71. The molecule has 3 aromatic carbocycles. The second-order valence-corrected chi connectivity index (χ2v) is 10.5. The van der Waals surface area contributed by atoms with Crippen LogP contribution in [0.4, 0.5) is 0 Å². The Morgan fingerprint density at radius 3 is 1.77 bits per heavy atom. The van der Waals surface area contributed by atoms with E-state index in [9.17, 15) is 4.79 Å². The van der Waals surface area contributed by atoms with Crippen LogP contribution >= 0.6 is 7.92 Å². The first kappa shape index (κ1) is 23.0. The highest BCUT2D eigenvalue weighted by Crippen LogP contribution is 2.34. The predicted octanol–water partition coefficient (Wildman–Crippen LogP) is 5.84.